The fourth-order valence-corrected chi connectivity index (χ4v) is 4.57. The highest BCUT2D eigenvalue weighted by atomic mass is 32.2. The van der Waals surface area contributed by atoms with Crippen molar-refractivity contribution in [3.8, 4) is 0 Å². The predicted octanol–water partition coefficient (Wildman–Crippen LogP) is 7.24. The van der Waals surface area contributed by atoms with E-state index in [2.05, 4.69) is 48.3 Å². The molecule has 0 saturated heterocycles. The Labute approximate surface area is 214 Å². The van der Waals surface area contributed by atoms with Crippen molar-refractivity contribution >= 4 is 28.8 Å². The summed E-state index contributed by atoms with van der Waals surface area (Å²) in [7, 11) is 0. The minimum atomic E-state index is -0.389. The second-order valence-electron chi connectivity index (χ2n) is 8.92. The van der Waals surface area contributed by atoms with Crippen molar-refractivity contribution in [2.75, 3.05) is 5.75 Å². The third-order valence-corrected chi connectivity index (χ3v) is 6.51. The molecule has 0 N–H and O–H groups in total. The number of hydrogen-bond acceptors (Lipinski definition) is 7. The van der Waals surface area contributed by atoms with Crippen LogP contribution in [-0.2, 0) is 6.42 Å². The second-order valence-corrected chi connectivity index (χ2v) is 9.85. The maximum atomic E-state index is 11.6. The molecule has 184 valence electrons. The number of nitro groups is 1. The smallest absolute Gasteiger partial charge is 0.278 e. The summed E-state index contributed by atoms with van der Waals surface area (Å²) >= 11 is 1.31. The Bertz CT molecular complexity index is 1330. The number of benzene rings is 3. The summed E-state index contributed by atoms with van der Waals surface area (Å²) in [6.07, 6.45) is 1.04. The van der Waals surface area contributed by atoms with Crippen LogP contribution >= 0.6 is 11.8 Å². The van der Waals surface area contributed by atoms with E-state index < -0.39 is 0 Å². The average Bonchev–Trinajstić information content (AvgIpc) is 3.36. The van der Waals surface area contributed by atoms with E-state index in [1.165, 1.54) is 23.4 Å². The Hall–Kier alpha value is -3.78. The highest BCUT2D eigenvalue weighted by Gasteiger charge is 2.21. The third kappa shape index (κ3) is 6.46. The first kappa shape index (κ1) is 25.3. The molecule has 0 aliphatic rings. The summed E-state index contributed by atoms with van der Waals surface area (Å²) in [5, 5.41) is 20.5. The van der Waals surface area contributed by atoms with Crippen molar-refractivity contribution < 1.29 is 9.34 Å². The molecule has 0 fully saturated rings. The zero-order chi connectivity index (χ0) is 25.5. The molecule has 1 heterocycles. The van der Waals surface area contributed by atoms with Crippen molar-refractivity contribution in [1.29, 1.82) is 0 Å². The number of nitro benzene ring substituents is 1. The van der Waals surface area contributed by atoms with Gasteiger partial charge in [-0.2, -0.15) is 0 Å². The molecule has 0 bridgehead atoms. The van der Waals surface area contributed by atoms with Gasteiger partial charge in [0.15, 0.2) is 0 Å². The minimum absolute atomic E-state index is 0.00790. The van der Waals surface area contributed by atoms with Crippen LogP contribution in [0.15, 0.2) is 93.5 Å². The molecule has 7 nitrogen and oxygen atoms in total. The Kier molecular flexibility index (Phi) is 8.28. The molecule has 0 aliphatic carbocycles. The van der Waals surface area contributed by atoms with Crippen LogP contribution in [0.4, 0.5) is 11.4 Å². The number of rotatable bonds is 10. The Balaban J connectivity index is 1.53. The lowest BCUT2D eigenvalue weighted by atomic mass is 9.97. The standard InChI is InChI=1S/C28H28N4O3S/c1-19(2)17-21-13-15-22(16-14-21)20(3)27-30-31-28(35-27)36-18-25(29-23-9-5-4-6-10-23)24-11-7-8-12-26(24)32(33)34/h4-16,19-20H,17-18H2,1-3H3. The van der Waals surface area contributed by atoms with Gasteiger partial charge in [0.1, 0.15) is 0 Å². The zero-order valence-corrected chi connectivity index (χ0v) is 21.3. The summed E-state index contributed by atoms with van der Waals surface area (Å²) in [5.74, 6) is 1.42. The molecule has 8 heteroatoms. The zero-order valence-electron chi connectivity index (χ0n) is 20.5. The fourth-order valence-electron chi connectivity index (χ4n) is 3.85. The maximum Gasteiger partial charge on any atom is 0.278 e. The monoisotopic (exact) mass is 500 g/mol. The van der Waals surface area contributed by atoms with Gasteiger partial charge in [0.25, 0.3) is 10.9 Å². The first-order valence-electron chi connectivity index (χ1n) is 11.8. The summed E-state index contributed by atoms with van der Waals surface area (Å²) < 4.78 is 5.96. The predicted molar refractivity (Wildman–Crippen MR) is 143 cm³/mol. The van der Waals surface area contributed by atoms with Crippen LogP contribution in [0.3, 0.4) is 0 Å². The van der Waals surface area contributed by atoms with E-state index in [1.54, 1.807) is 18.2 Å². The molecule has 1 unspecified atom stereocenters. The van der Waals surface area contributed by atoms with Crippen molar-refractivity contribution in [1.82, 2.24) is 10.2 Å². The first-order valence-corrected chi connectivity index (χ1v) is 12.8. The van der Waals surface area contributed by atoms with Crippen LogP contribution in [-0.4, -0.2) is 26.6 Å². The largest absolute Gasteiger partial charge is 0.415 e. The van der Waals surface area contributed by atoms with Gasteiger partial charge in [-0.25, -0.2) is 0 Å². The Morgan fingerprint density at radius 2 is 1.67 bits per heavy atom. The lowest BCUT2D eigenvalue weighted by Crippen LogP contribution is -2.08. The molecule has 1 atom stereocenters. The van der Waals surface area contributed by atoms with Gasteiger partial charge in [-0.3, -0.25) is 15.1 Å². The Morgan fingerprint density at radius 3 is 2.36 bits per heavy atom. The van der Waals surface area contributed by atoms with E-state index in [9.17, 15) is 10.1 Å². The lowest BCUT2D eigenvalue weighted by molar-refractivity contribution is -0.385. The van der Waals surface area contributed by atoms with Crippen LogP contribution in [0, 0.1) is 16.0 Å². The minimum Gasteiger partial charge on any atom is -0.415 e. The molecule has 0 aliphatic heterocycles. The first-order chi connectivity index (χ1) is 17.4. The third-order valence-electron chi connectivity index (χ3n) is 5.68. The normalized spacial score (nSPS) is 12.6. The van der Waals surface area contributed by atoms with E-state index in [0.29, 0.717) is 39.7 Å². The average molecular weight is 501 g/mol. The van der Waals surface area contributed by atoms with E-state index in [-0.39, 0.29) is 16.5 Å². The number of aromatic nitrogens is 2. The van der Waals surface area contributed by atoms with Gasteiger partial charge < -0.3 is 4.42 Å². The molecular formula is C28H28N4O3S. The highest BCUT2D eigenvalue weighted by Crippen LogP contribution is 2.29. The topological polar surface area (TPSA) is 94.4 Å². The molecule has 0 saturated carbocycles. The van der Waals surface area contributed by atoms with Gasteiger partial charge >= 0.3 is 0 Å². The van der Waals surface area contributed by atoms with Gasteiger partial charge in [-0.15, -0.1) is 10.2 Å². The summed E-state index contributed by atoms with van der Waals surface area (Å²) in [4.78, 5) is 16.0. The molecule has 4 aromatic rings. The van der Waals surface area contributed by atoms with E-state index in [1.807, 2.05) is 37.3 Å². The van der Waals surface area contributed by atoms with Crippen molar-refractivity contribution in [2.24, 2.45) is 10.9 Å². The quantitative estimate of drug-likeness (QED) is 0.0985. The van der Waals surface area contributed by atoms with Gasteiger partial charge in [0.2, 0.25) is 5.89 Å². The summed E-state index contributed by atoms with van der Waals surface area (Å²) in [5.41, 5.74) is 4.16. The molecule has 4 rings (SSSR count). The van der Waals surface area contributed by atoms with E-state index in [4.69, 9.17) is 9.41 Å². The van der Waals surface area contributed by atoms with Crippen molar-refractivity contribution in [3.05, 3.63) is 112 Å². The van der Waals surface area contributed by atoms with Gasteiger partial charge in [-0.05, 0) is 48.6 Å². The molecule has 3 aromatic carbocycles. The van der Waals surface area contributed by atoms with Crippen LogP contribution in [0.2, 0.25) is 0 Å². The molecule has 36 heavy (non-hydrogen) atoms. The van der Waals surface area contributed by atoms with Gasteiger partial charge in [0.05, 0.1) is 27.8 Å². The number of nitrogens with zero attached hydrogens (tertiary/aromatic N) is 4. The second kappa shape index (κ2) is 11.8. The summed E-state index contributed by atoms with van der Waals surface area (Å²) in [6, 6.07) is 24.5. The number of hydrogen-bond donors (Lipinski definition) is 0. The Morgan fingerprint density at radius 1 is 0.972 bits per heavy atom. The van der Waals surface area contributed by atoms with Crippen LogP contribution < -0.4 is 0 Å². The van der Waals surface area contributed by atoms with Gasteiger partial charge in [-0.1, -0.05) is 80.2 Å². The maximum absolute atomic E-state index is 11.6. The van der Waals surface area contributed by atoms with Crippen LogP contribution in [0.25, 0.3) is 0 Å². The molecular weight excluding hydrogens is 472 g/mol. The van der Waals surface area contributed by atoms with E-state index in [0.717, 1.165) is 12.0 Å². The highest BCUT2D eigenvalue weighted by molar-refractivity contribution is 7.99. The molecule has 0 spiro atoms. The lowest BCUT2D eigenvalue weighted by Gasteiger charge is -2.10. The van der Waals surface area contributed by atoms with Gasteiger partial charge in [0, 0.05) is 11.8 Å². The van der Waals surface area contributed by atoms with Crippen molar-refractivity contribution in [2.45, 2.75) is 38.3 Å². The number of aliphatic imine (C=N–C) groups is 1. The van der Waals surface area contributed by atoms with E-state index >= 15 is 0 Å². The number of para-hydroxylation sites is 2. The van der Waals surface area contributed by atoms with Crippen LogP contribution in [0.5, 0.6) is 0 Å². The fraction of sp³-hybridized carbons (Fsp3) is 0.250. The van der Waals surface area contributed by atoms with Crippen molar-refractivity contribution in [3.63, 3.8) is 0 Å². The molecule has 1 aromatic heterocycles. The number of thioether (sulfide) groups is 1. The molecule has 0 amide bonds. The SMILES string of the molecule is CC(C)Cc1ccc(C(C)c2nnc(SCC(=Nc3ccccc3)c3ccccc3[N+](=O)[O-])o2)cc1. The summed E-state index contributed by atoms with van der Waals surface area (Å²) in [6.45, 7) is 6.45. The molecule has 0 radical (unpaired) electrons. The van der Waals surface area contributed by atoms with Crippen LogP contribution in [0.1, 0.15) is 49.3 Å².